The Morgan fingerprint density at radius 2 is 1.52 bits per heavy atom. The third kappa shape index (κ3) is 5.64. The van der Waals surface area contributed by atoms with Crippen LogP contribution in [0.3, 0.4) is 0 Å². The summed E-state index contributed by atoms with van der Waals surface area (Å²) in [5.74, 6) is 0.773. The van der Waals surface area contributed by atoms with Crippen LogP contribution in [0.1, 0.15) is 32.6 Å². The molecule has 8 heteroatoms. The minimum absolute atomic E-state index is 0.0551. The minimum Gasteiger partial charge on any atom is -0.493 e. The summed E-state index contributed by atoms with van der Waals surface area (Å²) in [4.78, 5) is 12.8. The molecule has 0 aromatic heterocycles. The molecule has 0 aliphatic rings. The van der Waals surface area contributed by atoms with Gasteiger partial charge in [-0.25, -0.2) is 8.42 Å². The quantitative estimate of drug-likeness (QED) is 0.512. The molecule has 0 spiro atoms. The van der Waals surface area contributed by atoms with E-state index in [9.17, 15) is 13.2 Å². The van der Waals surface area contributed by atoms with Crippen LogP contribution in [0.15, 0.2) is 59.5 Å². The predicted molar refractivity (Wildman–Crippen MR) is 129 cm³/mol. The van der Waals surface area contributed by atoms with Crippen molar-refractivity contribution in [1.29, 1.82) is 0 Å². The first-order chi connectivity index (χ1) is 15.6. The highest BCUT2D eigenvalue weighted by Crippen LogP contribution is 2.27. The van der Waals surface area contributed by atoms with E-state index < -0.39 is 10.0 Å². The molecule has 0 saturated heterocycles. The summed E-state index contributed by atoms with van der Waals surface area (Å²) < 4.78 is 39.2. The summed E-state index contributed by atoms with van der Waals surface area (Å²) in [5.41, 5.74) is 4.14. The van der Waals surface area contributed by atoms with Crippen molar-refractivity contribution in [2.24, 2.45) is 0 Å². The van der Waals surface area contributed by atoms with Crippen LogP contribution in [0.4, 0.5) is 5.69 Å². The van der Waals surface area contributed by atoms with E-state index in [1.165, 1.54) is 6.07 Å². The SMILES string of the molecule is COc1ccc(CNC(=O)c2ccc(C)c(S(=O)(=O)Nc3ccc(C)c(C)c3)c2)cc1OC. The highest BCUT2D eigenvalue weighted by atomic mass is 32.2. The van der Waals surface area contributed by atoms with Crippen LogP contribution in [0.25, 0.3) is 0 Å². The van der Waals surface area contributed by atoms with Gasteiger partial charge in [-0.15, -0.1) is 0 Å². The summed E-state index contributed by atoms with van der Waals surface area (Å²) >= 11 is 0. The Morgan fingerprint density at radius 1 is 0.818 bits per heavy atom. The number of anilines is 1. The Morgan fingerprint density at radius 3 is 2.18 bits per heavy atom. The van der Waals surface area contributed by atoms with E-state index in [1.54, 1.807) is 57.5 Å². The average molecular weight is 469 g/mol. The van der Waals surface area contributed by atoms with E-state index in [1.807, 2.05) is 26.0 Å². The Bertz CT molecular complexity index is 1290. The normalized spacial score (nSPS) is 11.1. The van der Waals surface area contributed by atoms with Gasteiger partial charge in [0.25, 0.3) is 15.9 Å². The molecule has 3 rings (SSSR count). The Labute approximate surface area is 194 Å². The number of ether oxygens (including phenoxy) is 2. The van der Waals surface area contributed by atoms with E-state index in [2.05, 4.69) is 10.0 Å². The van der Waals surface area contributed by atoms with E-state index in [0.717, 1.165) is 16.7 Å². The number of carbonyl (C=O) groups excluding carboxylic acids is 1. The molecule has 0 aliphatic heterocycles. The van der Waals surface area contributed by atoms with Crippen molar-refractivity contribution in [2.45, 2.75) is 32.2 Å². The molecule has 0 fully saturated rings. The molecule has 0 unspecified atom stereocenters. The van der Waals surface area contributed by atoms with Crippen molar-refractivity contribution in [3.8, 4) is 11.5 Å². The predicted octanol–water partition coefficient (Wildman–Crippen LogP) is 4.36. The first-order valence-corrected chi connectivity index (χ1v) is 11.8. The topological polar surface area (TPSA) is 93.7 Å². The number of benzene rings is 3. The summed E-state index contributed by atoms with van der Waals surface area (Å²) in [7, 11) is -0.779. The standard InChI is InChI=1S/C25H28N2O5S/c1-16-7-10-21(12-18(16)3)27-33(29,30)24-14-20(9-6-17(24)2)25(28)26-15-19-8-11-22(31-4)23(13-19)32-5/h6-14,27H,15H2,1-5H3,(H,26,28). The lowest BCUT2D eigenvalue weighted by Gasteiger charge is -2.13. The monoisotopic (exact) mass is 468 g/mol. The Kier molecular flexibility index (Phi) is 7.28. The smallest absolute Gasteiger partial charge is 0.262 e. The number of aryl methyl sites for hydroxylation is 3. The van der Waals surface area contributed by atoms with Gasteiger partial charge in [0, 0.05) is 17.8 Å². The lowest BCUT2D eigenvalue weighted by Crippen LogP contribution is -2.23. The molecule has 0 atom stereocenters. The van der Waals surface area contributed by atoms with Crippen LogP contribution in [-0.2, 0) is 16.6 Å². The van der Waals surface area contributed by atoms with Gasteiger partial charge < -0.3 is 14.8 Å². The van der Waals surface area contributed by atoms with Crippen molar-refractivity contribution in [2.75, 3.05) is 18.9 Å². The maximum atomic E-state index is 13.0. The summed E-state index contributed by atoms with van der Waals surface area (Å²) in [6, 6.07) is 15.3. The number of rotatable bonds is 8. The molecular formula is C25H28N2O5S. The molecule has 2 N–H and O–H groups in total. The zero-order valence-electron chi connectivity index (χ0n) is 19.4. The lowest BCUT2D eigenvalue weighted by atomic mass is 10.1. The van der Waals surface area contributed by atoms with Crippen LogP contribution < -0.4 is 19.5 Å². The third-order valence-electron chi connectivity index (χ3n) is 5.40. The van der Waals surface area contributed by atoms with Crippen molar-refractivity contribution in [3.63, 3.8) is 0 Å². The Balaban J connectivity index is 1.78. The second-order valence-corrected chi connectivity index (χ2v) is 9.41. The highest BCUT2D eigenvalue weighted by Gasteiger charge is 2.20. The van der Waals surface area contributed by atoms with E-state index in [4.69, 9.17) is 9.47 Å². The molecule has 7 nitrogen and oxygen atoms in total. The molecule has 33 heavy (non-hydrogen) atoms. The fourth-order valence-electron chi connectivity index (χ4n) is 3.32. The summed E-state index contributed by atoms with van der Waals surface area (Å²) in [6.45, 7) is 5.82. The third-order valence-corrected chi connectivity index (χ3v) is 6.92. The van der Waals surface area contributed by atoms with Gasteiger partial charge in [-0.2, -0.15) is 0 Å². The van der Waals surface area contributed by atoms with Gasteiger partial charge >= 0.3 is 0 Å². The number of sulfonamides is 1. The van der Waals surface area contributed by atoms with Crippen LogP contribution in [0, 0.1) is 20.8 Å². The number of amides is 1. The molecule has 0 radical (unpaired) electrons. The number of carbonyl (C=O) groups is 1. The van der Waals surface area contributed by atoms with Gasteiger partial charge in [0.05, 0.1) is 19.1 Å². The molecule has 3 aromatic carbocycles. The number of nitrogens with one attached hydrogen (secondary N) is 2. The van der Waals surface area contributed by atoms with Crippen LogP contribution in [-0.4, -0.2) is 28.5 Å². The van der Waals surface area contributed by atoms with Crippen molar-refractivity contribution < 1.29 is 22.7 Å². The molecule has 174 valence electrons. The second kappa shape index (κ2) is 9.95. The molecule has 0 aliphatic carbocycles. The van der Waals surface area contributed by atoms with E-state index in [-0.39, 0.29) is 22.9 Å². The van der Waals surface area contributed by atoms with Gasteiger partial charge in [-0.3, -0.25) is 9.52 Å². The van der Waals surface area contributed by atoms with Crippen molar-refractivity contribution in [1.82, 2.24) is 5.32 Å². The molecule has 0 bridgehead atoms. The summed E-state index contributed by atoms with van der Waals surface area (Å²) in [6.07, 6.45) is 0. The molecule has 1 amide bonds. The molecule has 0 heterocycles. The van der Waals surface area contributed by atoms with Crippen LogP contribution in [0.5, 0.6) is 11.5 Å². The molecule has 0 saturated carbocycles. The number of hydrogen-bond donors (Lipinski definition) is 2. The van der Waals surface area contributed by atoms with Gasteiger partial charge in [0.15, 0.2) is 11.5 Å². The largest absolute Gasteiger partial charge is 0.493 e. The first kappa shape index (κ1) is 24.1. The number of hydrogen-bond acceptors (Lipinski definition) is 5. The second-order valence-electron chi connectivity index (χ2n) is 7.76. The maximum absolute atomic E-state index is 13.0. The van der Waals surface area contributed by atoms with Crippen molar-refractivity contribution >= 4 is 21.6 Å². The summed E-state index contributed by atoms with van der Waals surface area (Å²) in [5, 5.41) is 2.82. The van der Waals surface area contributed by atoms with Crippen molar-refractivity contribution in [3.05, 3.63) is 82.4 Å². The van der Waals surface area contributed by atoms with Crippen LogP contribution in [0.2, 0.25) is 0 Å². The first-order valence-electron chi connectivity index (χ1n) is 10.3. The number of methoxy groups -OCH3 is 2. The van der Waals surface area contributed by atoms with Gasteiger partial charge in [0.1, 0.15) is 0 Å². The maximum Gasteiger partial charge on any atom is 0.262 e. The Hall–Kier alpha value is -3.52. The lowest BCUT2D eigenvalue weighted by molar-refractivity contribution is 0.0950. The van der Waals surface area contributed by atoms with Crippen LogP contribution >= 0.6 is 0 Å². The fourth-order valence-corrected chi connectivity index (χ4v) is 4.64. The molecule has 3 aromatic rings. The van der Waals surface area contributed by atoms with Gasteiger partial charge in [-0.05, 0) is 79.4 Å². The van der Waals surface area contributed by atoms with E-state index in [0.29, 0.717) is 22.7 Å². The van der Waals surface area contributed by atoms with E-state index >= 15 is 0 Å². The zero-order valence-corrected chi connectivity index (χ0v) is 20.2. The van der Waals surface area contributed by atoms with Gasteiger partial charge in [0.2, 0.25) is 0 Å². The fraction of sp³-hybridized carbons (Fsp3) is 0.240. The minimum atomic E-state index is -3.87. The van der Waals surface area contributed by atoms with Gasteiger partial charge in [-0.1, -0.05) is 18.2 Å². The highest BCUT2D eigenvalue weighted by molar-refractivity contribution is 7.92. The molecular weight excluding hydrogens is 440 g/mol. The zero-order chi connectivity index (χ0) is 24.2. The average Bonchev–Trinajstić information content (AvgIpc) is 2.79.